The SMILES string of the molecule is NSc1cc(NC(=O)Cc2ccccc2Cl)ccc1COc1[nH]ncc1Cl. The van der Waals surface area contributed by atoms with Crippen LogP contribution in [-0.4, -0.2) is 16.1 Å². The van der Waals surface area contributed by atoms with Gasteiger partial charge in [0.15, 0.2) is 0 Å². The van der Waals surface area contributed by atoms with Gasteiger partial charge in [-0.3, -0.25) is 9.93 Å². The number of ether oxygens (including phenoxy) is 1. The number of rotatable bonds is 7. The van der Waals surface area contributed by atoms with Crippen LogP contribution >= 0.6 is 35.1 Å². The van der Waals surface area contributed by atoms with Crippen LogP contribution in [0, 0.1) is 0 Å². The molecule has 0 unspecified atom stereocenters. The monoisotopic (exact) mass is 422 g/mol. The molecule has 1 heterocycles. The molecule has 0 aliphatic heterocycles. The van der Waals surface area contributed by atoms with Crippen LogP contribution in [0.2, 0.25) is 10.0 Å². The van der Waals surface area contributed by atoms with Gasteiger partial charge >= 0.3 is 0 Å². The number of hydrogen-bond acceptors (Lipinski definition) is 5. The Labute approximate surface area is 170 Å². The van der Waals surface area contributed by atoms with E-state index >= 15 is 0 Å². The van der Waals surface area contributed by atoms with Crippen molar-refractivity contribution in [3.63, 3.8) is 0 Å². The fraction of sp³-hybridized carbons (Fsp3) is 0.111. The highest BCUT2D eigenvalue weighted by atomic mass is 35.5. The first kappa shape index (κ1) is 19.6. The molecule has 3 aromatic rings. The number of halogens is 2. The Morgan fingerprint density at radius 3 is 2.70 bits per heavy atom. The Bertz CT molecular complexity index is 949. The summed E-state index contributed by atoms with van der Waals surface area (Å²) in [6.45, 7) is 0.259. The molecule has 0 aliphatic carbocycles. The van der Waals surface area contributed by atoms with E-state index in [-0.39, 0.29) is 18.9 Å². The third kappa shape index (κ3) is 5.17. The van der Waals surface area contributed by atoms with Gasteiger partial charge in [0.25, 0.3) is 0 Å². The smallest absolute Gasteiger partial charge is 0.228 e. The molecule has 140 valence electrons. The van der Waals surface area contributed by atoms with Crippen LogP contribution in [0.25, 0.3) is 0 Å². The van der Waals surface area contributed by atoms with E-state index in [1.807, 2.05) is 24.3 Å². The van der Waals surface area contributed by atoms with Gasteiger partial charge in [0.05, 0.1) is 12.6 Å². The number of hydrogen-bond donors (Lipinski definition) is 3. The van der Waals surface area contributed by atoms with Crippen molar-refractivity contribution < 1.29 is 9.53 Å². The molecule has 6 nitrogen and oxygen atoms in total. The second-order valence-corrected chi connectivity index (χ2v) is 7.08. The summed E-state index contributed by atoms with van der Waals surface area (Å²) in [6.07, 6.45) is 1.65. The summed E-state index contributed by atoms with van der Waals surface area (Å²) < 4.78 is 5.60. The van der Waals surface area contributed by atoms with E-state index in [0.717, 1.165) is 28.0 Å². The van der Waals surface area contributed by atoms with Crippen LogP contribution in [0.15, 0.2) is 53.6 Å². The Hall–Kier alpha value is -2.19. The second-order valence-electron chi connectivity index (χ2n) is 5.59. The third-order valence-electron chi connectivity index (χ3n) is 3.72. The van der Waals surface area contributed by atoms with Crippen LogP contribution in [0.1, 0.15) is 11.1 Å². The number of carbonyl (C=O) groups is 1. The first-order valence-electron chi connectivity index (χ1n) is 7.91. The van der Waals surface area contributed by atoms with Gasteiger partial charge in [-0.25, -0.2) is 5.10 Å². The zero-order valence-electron chi connectivity index (χ0n) is 14.0. The zero-order valence-corrected chi connectivity index (χ0v) is 16.4. The predicted octanol–water partition coefficient (Wildman–Crippen LogP) is 4.44. The molecule has 27 heavy (non-hydrogen) atoms. The molecule has 1 amide bonds. The lowest BCUT2D eigenvalue weighted by Crippen LogP contribution is -2.15. The number of amides is 1. The van der Waals surface area contributed by atoms with Crippen molar-refractivity contribution in [1.29, 1.82) is 0 Å². The number of nitrogens with two attached hydrogens (primary N) is 1. The summed E-state index contributed by atoms with van der Waals surface area (Å²) >= 11 is 13.1. The molecule has 0 radical (unpaired) electrons. The molecule has 0 atom stereocenters. The molecular formula is C18H16Cl2N4O2S. The van der Waals surface area contributed by atoms with Crippen molar-refractivity contribution in [3.05, 3.63) is 69.8 Å². The Kier molecular flexibility index (Phi) is 6.63. The summed E-state index contributed by atoms with van der Waals surface area (Å²) in [5, 5.41) is 16.0. The summed E-state index contributed by atoms with van der Waals surface area (Å²) in [6, 6.07) is 12.7. The van der Waals surface area contributed by atoms with Gasteiger partial charge in [0, 0.05) is 21.2 Å². The maximum absolute atomic E-state index is 12.3. The summed E-state index contributed by atoms with van der Waals surface area (Å²) in [5.41, 5.74) is 2.27. The van der Waals surface area contributed by atoms with Crippen molar-refractivity contribution in [2.24, 2.45) is 5.14 Å². The van der Waals surface area contributed by atoms with Crippen LogP contribution in [0.3, 0.4) is 0 Å². The lowest BCUT2D eigenvalue weighted by Gasteiger charge is -2.12. The number of nitrogens with one attached hydrogen (secondary N) is 2. The maximum Gasteiger partial charge on any atom is 0.228 e. The summed E-state index contributed by atoms with van der Waals surface area (Å²) in [7, 11) is 0. The van der Waals surface area contributed by atoms with Crippen molar-refractivity contribution in [3.8, 4) is 5.88 Å². The molecule has 3 rings (SSSR count). The average Bonchev–Trinajstić information content (AvgIpc) is 3.07. The average molecular weight is 423 g/mol. The van der Waals surface area contributed by atoms with Gasteiger partial charge in [-0.2, -0.15) is 5.10 Å². The molecular weight excluding hydrogens is 407 g/mol. The minimum absolute atomic E-state index is 0.163. The molecule has 0 saturated heterocycles. The van der Waals surface area contributed by atoms with Gasteiger partial charge in [-0.1, -0.05) is 47.5 Å². The van der Waals surface area contributed by atoms with Crippen LogP contribution in [0.4, 0.5) is 5.69 Å². The van der Waals surface area contributed by atoms with Crippen LogP contribution in [-0.2, 0) is 17.8 Å². The molecule has 0 saturated carbocycles. The highest BCUT2D eigenvalue weighted by Gasteiger charge is 2.11. The molecule has 0 aliphatic rings. The Balaban J connectivity index is 1.65. The zero-order chi connectivity index (χ0) is 19.2. The number of carbonyl (C=O) groups excluding carboxylic acids is 1. The Morgan fingerprint density at radius 2 is 2.00 bits per heavy atom. The summed E-state index contributed by atoms with van der Waals surface area (Å²) in [5.74, 6) is 0.228. The number of H-pyrrole nitrogens is 1. The van der Waals surface area contributed by atoms with Gasteiger partial charge in [0.2, 0.25) is 11.8 Å². The van der Waals surface area contributed by atoms with Gasteiger partial charge < -0.3 is 10.1 Å². The standard InChI is InChI=1S/C18H16Cl2N4O2S/c19-14-4-2-1-3-11(14)7-17(25)23-13-6-5-12(16(8-13)27-21)10-26-18-15(20)9-22-24-18/h1-6,8-9H,7,10,21H2,(H,22,24)(H,23,25). The van der Waals surface area contributed by atoms with E-state index in [9.17, 15) is 4.79 Å². The van der Waals surface area contributed by atoms with Crippen molar-refractivity contribution in [2.45, 2.75) is 17.9 Å². The predicted molar refractivity (Wildman–Crippen MR) is 108 cm³/mol. The number of nitrogens with zero attached hydrogens (tertiary/aromatic N) is 1. The first-order chi connectivity index (χ1) is 13.1. The summed E-state index contributed by atoms with van der Waals surface area (Å²) in [4.78, 5) is 13.1. The van der Waals surface area contributed by atoms with E-state index in [1.165, 1.54) is 6.20 Å². The first-order valence-corrected chi connectivity index (χ1v) is 9.55. The lowest BCUT2D eigenvalue weighted by molar-refractivity contribution is -0.115. The molecule has 1 aromatic heterocycles. The van der Waals surface area contributed by atoms with Gasteiger partial charge in [-0.15, -0.1) is 0 Å². The van der Waals surface area contributed by atoms with E-state index in [4.69, 9.17) is 33.1 Å². The van der Waals surface area contributed by atoms with Crippen molar-refractivity contribution in [1.82, 2.24) is 10.2 Å². The van der Waals surface area contributed by atoms with E-state index in [2.05, 4.69) is 15.5 Å². The van der Waals surface area contributed by atoms with E-state index < -0.39 is 0 Å². The number of aromatic amines is 1. The van der Waals surface area contributed by atoms with Crippen molar-refractivity contribution >= 4 is 46.7 Å². The minimum Gasteiger partial charge on any atom is -0.472 e. The van der Waals surface area contributed by atoms with E-state index in [1.54, 1.807) is 18.2 Å². The highest BCUT2D eigenvalue weighted by molar-refractivity contribution is 7.97. The number of aromatic nitrogens is 2. The van der Waals surface area contributed by atoms with Crippen LogP contribution in [0.5, 0.6) is 5.88 Å². The third-order valence-corrected chi connectivity index (χ3v) is 4.99. The fourth-order valence-corrected chi connectivity index (χ4v) is 3.21. The largest absolute Gasteiger partial charge is 0.472 e. The minimum atomic E-state index is -0.163. The quantitative estimate of drug-likeness (QED) is 0.489. The molecule has 4 N–H and O–H groups in total. The molecule has 0 fully saturated rings. The molecule has 0 spiro atoms. The van der Waals surface area contributed by atoms with Crippen molar-refractivity contribution in [2.75, 3.05) is 5.32 Å². The Morgan fingerprint density at radius 1 is 1.19 bits per heavy atom. The van der Waals surface area contributed by atoms with Gasteiger partial charge in [-0.05, 0) is 35.7 Å². The normalized spacial score (nSPS) is 10.6. The fourth-order valence-electron chi connectivity index (χ4n) is 2.39. The molecule has 9 heteroatoms. The molecule has 0 bridgehead atoms. The van der Waals surface area contributed by atoms with Gasteiger partial charge in [0.1, 0.15) is 11.6 Å². The number of benzene rings is 2. The second kappa shape index (κ2) is 9.14. The maximum atomic E-state index is 12.3. The molecule has 2 aromatic carbocycles. The lowest BCUT2D eigenvalue weighted by atomic mass is 10.1. The highest BCUT2D eigenvalue weighted by Crippen LogP contribution is 2.26. The van der Waals surface area contributed by atoms with Crippen LogP contribution < -0.4 is 15.2 Å². The number of anilines is 1. The van der Waals surface area contributed by atoms with E-state index in [0.29, 0.717) is 21.6 Å². The topological polar surface area (TPSA) is 93.0 Å².